The summed E-state index contributed by atoms with van der Waals surface area (Å²) in [6.07, 6.45) is 1.86. The minimum absolute atomic E-state index is 0.0801. The number of nitrogens with zero attached hydrogens (tertiary/aromatic N) is 1. The van der Waals surface area contributed by atoms with Gasteiger partial charge in [0.05, 0.1) is 11.4 Å². The SMILES string of the molecule is Cc1cccc(COc2ccc(Br)cc2C=C2SC(=S)N(Cc3ccccc3)C2=O)c1. The maximum atomic E-state index is 13.0. The van der Waals surface area contributed by atoms with Crippen molar-refractivity contribution in [3.63, 3.8) is 0 Å². The van der Waals surface area contributed by atoms with Crippen LogP contribution in [0.2, 0.25) is 0 Å². The number of thioether (sulfide) groups is 1. The third kappa shape index (κ3) is 5.45. The Morgan fingerprint density at radius 1 is 1.03 bits per heavy atom. The van der Waals surface area contributed by atoms with Crippen molar-refractivity contribution < 1.29 is 9.53 Å². The van der Waals surface area contributed by atoms with Crippen molar-refractivity contribution in [1.82, 2.24) is 4.90 Å². The van der Waals surface area contributed by atoms with Gasteiger partial charge in [0.25, 0.3) is 5.91 Å². The zero-order valence-electron chi connectivity index (χ0n) is 16.9. The normalized spacial score (nSPS) is 15.0. The zero-order valence-corrected chi connectivity index (χ0v) is 20.1. The lowest BCUT2D eigenvalue weighted by atomic mass is 10.1. The molecule has 0 saturated carbocycles. The van der Waals surface area contributed by atoms with Crippen molar-refractivity contribution >= 4 is 56.2 Å². The van der Waals surface area contributed by atoms with Crippen LogP contribution in [0.4, 0.5) is 0 Å². The van der Waals surface area contributed by atoms with Gasteiger partial charge in [-0.2, -0.15) is 0 Å². The molecule has 0 spiro atoms. The molecule has 0 aromatic heterocycles. The summed E-state index contributed by atoms with van der Waals surface area (Å²) in [5.41, 5.74) is 4.18. The number of halogens is 1. The molecule has 0 radical (unpaired) electrons. The monoisotopic (exact) mass is 509 g/mol. The van der Waals surface area contributed by atoms with E-state index < -0.39 is 0 Å². The number of aryl methyl sites for hydroxylation is 1. The first-order chi connectivity index (χ1) is 15.0. The van der Waals surface area contributed by atoms with Crippen LogP contribution in [0.5, 0.6) is 5.75 Å². The maximum absolute atomic E-state index is 13.0. The molecule has 1 amide bonds. The Labute approximate surface area is 200 Å². The predicted octanol–water partition coefficient (Wildman–Crippen LogP) is 6.74. The highest BCUT2D eigenvalue weighted by Crippen LogP contribution is 2.36. The Morgan fingerprint density at radius 2 is 1.81 bits per heavy atom. The van der Waals surface area contributed by atoms with Crippen LogP contribution in [0.25, 0.3) is 6.08 Å². The molecule has 1 fully saturated rings. The molecule has 0 bridgehead atoms. The first-order valence-corrected chi connectivity index (χ1v) is 11.8. The number of hydrogen-bond acceptors (Lipinski definition) is 4. The van der Waals surface area contributed by atoms with Gasteiger partial charge in [0.1, 0.15) is 16.7 Å². The molecule has 0 aliphatic carbocycles. The molecule has 3 aromatic rings. The number of thiocarbonyl (C=S) groups is 1. The van der Waals surface area contributed by atoms with Crippen LogP contribution in [0.1, 0.15) is 22.3 Å². The summed E-state index contributed by atoms with van der Waals surface area (Å²) in [4.78, 5) is 15.3. The summed E-state index contributed by atoms with van der Waals surface area (Å²) in [5.74, 6) is 0.640. The summed E-state index contributed by atoms with van der Waals surface area (Å²) < 4.78 is 7.58. The summed E-state index contributed by atoms with van der Waals surface area (Å²) in [7, 11) is 0. The first-order valence-electron chi connectivity index (χ1n) is 9.77. The molecule has 6 heteroatoms. The van der Waals surface area contributed by atoms with E-state index in [-0.39, 0.29) is 5.91 Å². The van der Waals surface area contributed by atoms with E-state index in [1.807, 2.05) is 66.7 Å². The van der Waals surface area contributed by atoms with Crippen LogP contribution in [0, 0.1) is 6.92 Å². The molecule has 3 nitrogen and oxygen atoms in total. The van der Waals surface area contributed by atoms with Crippen LogP contribution in [0.15, 0.2) is 82.2 Å². The number of amides is 1. The summed E-state index contributed by atoms with van der Waals surface area (Å²) in [6.45, 7) is 2.99. The Hall–Kier alpha value is -2.41. The van der Waals surface area contributed by atoms with Gasteiger partial charge in [-0.15, -0.1) is 0 Å². The van der Waals surface area contributed by atoms with E-state index in [9.17, 15) is 4.79 Å². The second kappa shape index (κ2) is 9.81. The van der Waals surface area contributed by atoms with Crippen LogP contribution in [-0.2, 0) is 17.9 Å². The van der Waals surface area contributed by atoms with E-state index >= 15 is 0 Å². The Morgan fingerprint density at radius 3 is 2.58 bits per heavy atom. The average molecular weight is 510 g/mol. The molecular weight excluding hydrogens is 490 g/mol. The molecule has 1 aliphatic rings. The molecule has 1 aliphatic heterocycles. The molecule has 3 aromatic carbocycles. The fourth-order valence-corrected chi connectivity index (χ4v) is 4.89. The molecule has 156 valence electrons. The minimum Gasteiger partial charge on any atom is -0.488 e. The van der Waals surface area contributed by atoms with E-state index in [0.29, 0.717) is 22.4 Å². The second-order valence-electron chi connectivity index (χ2n) is 7.21. The van der Waals surface area contributed by atoms with Gasteiger partial charge in [0, 0.05) is 10.0 Å². The molecular formula is C25H20BrNO2S2. The van der Waals surface area contributed by atoms with Gasteiger partial charge in [-0.05, 0) is 42.3 Å². The van der Waals surface area contributed by atoms with Gasteiger partial charge < -0.3 is 4.74 Å². The van der Waals surface area contributed by atoms with Crippen LogP contribution >= 0.6 is 39.9 Å². The quantitative estimate of drug-likeness (QED) is 0.272. The summed E-state index contributed by atoms with van der Waals surface area (Å²) >= 11 is 10.3. The summed E-state index contributed by atoms with van der Waals surface area (Å²) in [6, 6.07) is 23.9. The molecule has 0 atom stereocenters. The van der Waals surface area contributed by atoms with Gasteiger partial charge >= 0.3 is 0 Å². The van der Waals surface area contributed by atoms with Gasteiger partial charge in [0.15, 0.2) is 0 Å². The lowest BCUT2D eigenvalue weighted by Gasteiger charge is -2.14. The molecule has 31 heavy (non-hydrogen) atoms. The van der Waals surface area contributed by atoms with Gasteiger partial charge in [-0.25, -0.2) is 0 Å². The van der Waals surface area contributed by atoms with Crippen molar-refractivity contribution in [2.45, 2.75) is 20.1 Å². The smallest absolute Gasteiger partial charge is 0.266 e. The lowest BCUT2D eigenvalue weighted by molar-refractivity contribution is -0.122. The number of ether oxygens (including phenoxy) is 1. The van der Waals surface area contributed by atoms with Crippen molar-refractivity contribution in [2.75, 3.05) is 0 Å². The number of hydrogen-bond donors (Lipinski definition) is 0. The van der Waals surface area contributed by atoms with Gasteiger partial charge in [-0.3, -0.25) is 9.69 Å². The fraction of sp³-hybridized carbons (Fsp3) is 0.120. The lowest BCUT2D eigenvalue weighted by Crippen LogP contribution is -2.27. The highest BCUT2D eigenvalue weighted by Gasteiger charge is 2.32. The first kappa shape index (κ1) is 21.8. The van der Waals surface area contributed by atoms with Crippen molar-refractivity contribution in [3.05, 3.63) is 104 Å². The maximum Gasteiger partial charge on any atom is 0.266 e. The van der Waals surface area contributed by atoms with E-state index in [1.54, 1.807) is 4.90 Å². The van der Waals surface area contributed by atoms with E-state index in [0.717, 1.165) is 26.9 Å². The van der Waals surface area contributed by atoms with E-state index in [4.69, 9.17) is 17.0 Å². The Balaban J connectivity index is 1.55. The van der Waals surface area contributed by atoms with Crippen molar-refractivity contribution in [2.24, 2.45) is 0 Å². The number of carbonyl (C=O) groups is 1. The highest BCUT2D eigenvalue weighted by atomic mass is 79.9. The van der Waals surface area contributed by atoms with Crippen molar-refractivity contribution in [3.8, 4) is 5.75 Å². The molecule has 1 saturated heterocycles. The Bertz CT molecular complexity index is 1160. The molecule has 0 N–H and O–H groups in total. The largest absolute Gasteiger partial charge is 0.488 e. The highest BCUT2D eigenvalue weighted by molar-refractivity contribution is 9.10. The molecule has 4 rings (SSSR count). The third-order valence-electron chi connectivity index (χ3n) is 4.79. The van der Waals surface area contributed by atoms with Gasteiger partial charge in [-0.1, -0.05) is 100 Å². The number of rotatable bonds is 6. The predicted molar refractivity (Wildman–Crippen MR) is 135 cm³/mol. The van der Waals surface area contributed by atoms with E-state index in [1.165, 1.54) is 17.3 Å². The average Bonchev–Trinajstić information content (AvgIpc) is 3.01. The van der Waals surface area contributed by atoms with E-state index in [2.05, 4.69) is 35.0 Å². The fourth-order valence-electron chi connectivity index (χ4n) is 3.27. The second-order valence-corrected chi connectivity index (χ2v) is 9.80. The zero-order chi connectivity index (χ0) is 21.8. The van der Waals surface area contributed by atoms with Crippen LogP contribution < -0.4 is 4.74 Å². The standard InChI is InChI=1S/C25H20BrNO2S2/c1-17-6-5-9-19(12-17)16-29-22-11-10-21(26)13-20(22)14-23-24(28)27(25(30)31-23)15-18-7-3-2-4-8-18/h2-14H,15-16H2,1H3. The third-order valence-corrected chi connectivity index (χ3v) is 6.66. The molecule has 0 unspecified atom stereocenters. The summed E-state index contributed by atoms with van der Waals surface area (Å²) in [5, 5.41) is 0. The van der Waals surface area contributed by atoms with Gasteiger partial charge in [0.2, 0.25) is 0 Å². The Kier molecular flexibility index (Phi) is 6.90. The molecule has 1 heterocycles. The minimum atomic E-state index is -0.0801. The van der Waals surface area contributed by atoms with Crippen LogP contribution in [-0.4, -0.2) is 15.1 Å². The van der Waals surface area contributed by atoms with Crippen molar-refractivity contribution in [1.29, 1.82) is 0 Å². The number of benzene rings is 3. The van der Waals surface area contributed by atoms with Crippen LogP contribution in [0.3, 0.4) is 0 Å². The topological polar surface area (TPSA) is 29.5 Å². The number of carbonyl (C=O) groups excluding carboxylic acids is 1.